The first kappa shape index (κ1) is 18.2. The molecule has 1 N–H and O–H groups in total. The van der Waals surface area contributed by atoms with Gasteiger partial charge in [-0.15, -0.1) is 0 Å². The maximum atomic E-state index is 12.7. The molecule has 3 rings (SSSR count). The number of nitrogens with zero attached hydrogens (tertiary/aromatic N) is 2. The Morgan fingerprint density at radius 3 is 2.56 bits per heavy atom. The first-order valence-electron chi connectivity index (χ1n) is 8.27. The van der Waals surface area contributed by atoms with E-state index in [4.69, 9.17) is 4.74 Å². The van der Waals surface area contributed by atoms with Gasteiger partial charge in [0.05, 0.1) is 25.5 Å². The Labute approximate surface area is 156 Å². The molecule has 0 bridgehead atoms. The Kier molecular flexibility index (Phi) is 5.51. The van der Waals surface area contributed by atoms with Crippen LogP contribution in [0.5, 0.6) is 5.75 Å². The quantitative estimate of drug-likeness (QED) is 0.679. The van der Waals surface area contributed by atoms with Gasteiger partial charge in [0.25, 0.3) is 5.91 Å². The van der Waals surface area contributed by atoms with Gasteiger partial charge in [-0.1, -0.05) is 30.3 Å². The van der Waals surface area contributed by atoms with Crippen LogP contribution in [0.15, 0.2) is 60.8 Å². The van der Waals surface area contributed by atoms with Crippen LogP contribution in [-0.2, 0) is 9.53 Å². The number of carbonyl (C=O) groups is 2. The van der Waals surface area contributed by atoms with E-state index >= 15 is 0 Å². The molecule has 3 aromatic rings. The van der Waals surface area contributed by atoms with E-state index < -0.39 is 11.9 Å². The third-order valence-corrected chi connectivity index (χ3v) is 3.94. The predicted octanol–water partition coefficient (Wildman–Crippen LogP) is 2.45. The fourth-order valence-corrected chi connectivity index (χ4v) is 2.56. The molecule has 0 radical (unpaired) electrons. The lowest BCUT2D eigenvalue weighted by atomic mass is 10.1. The Balaban J connectivity index is 2.02. The molecule has 7 heteroatoms. The van der Waals surface area contributed by atoms with Crippen molar-refractivity contribution < 1.29 is 19.1 Å². The molecule has 0 aliphatic carbocycles. The van der Waals surface area contributed by atoms with E-state index in [0.29, 0.717) is 17.0 Å². The standard InChI is InChI=1S/C20H19N3O4/c1-26-16-10-6-7-14(11-16)19-17(20(25)21-12-18(24)27-2)13-23(22-19)15-8-4-3-5-9-15/h3-11,13H,12H2,1-2H3,(H,21,25). The number of carbonyl (C=O) groups excluding carboxylic acids is 2. The summed E-state index contributed by atoms with van der Waals surface area (Å²) in [6, 6.07) is 16.7. The van der Waals surface area contributed by atoms with E-state index in [1.54, 1.807) is 24.1 Å². The molecule has 0 saturated heterocycles. The van der Waals surface area contributed by atoms with Crippen molar-refractivity contribution in [2.75, 3.05) is 20.8 Å². The average Bonchev–Trinajstić information content (AvgIpc) is 3.18. The molecule has 0 atom stereocenters. The van der Waals surface area contributed by atoms with E-state index in [1.165, 1.54) is 7.11 Å². The van der Waals surface area contributed by atoms with Crippen LogP contribution in [0.2, 0.25) is 0 Å². The average molecular weight is 365 g/mol. The summed E-state index contributed by atoms with van der Waals surface area (Å²) in [5, 5.41) is 7.13. The lowest BCUT2D eigenvalue weighted by Gasteiger charge is -2.05. The minimum absolute atomic E-state index is 0.219. The molecule has 0 saturated carbocycles. The fraction of sp³-hybridized carbons (Fsp3) is 0.150. The van der Waals surface area contributed by atoms with Crippen LogP contribution in [0.1, 0.15) is 10.4 Å². The molecule has 1 heterocycles. The topological polar surface area (TPSA) is 82.5 Å². The molecule has 0 spiro atoms. The second-order valence-corrected chi connectivity index (χ2v) is 5.66. The third kappa shape index (κ3) is 4.14. The number of hydrogen-bond acceptors (Lipinski definition) is 5. The van der Waals surface area contributed by atoms with E-state index in [9.17, 15) is 9.59 Å². The number of ether oxygens (including phenoxy) is 2. The second-order valence-electron chi connectivity index (χ2n) is 5.66. The largest absolute Gasteiger partial charge is 0.497 e. The number of para-hydroxylation sites is 1. The molecular weight excluding hydrogens is 346 g/mol. The highest BCUT2D eigenvalue weighted by atomic mass is 16.5. The highest BCUT2D eigenvalue weighted by Crippen LogP contribution is 2.27. The number of rotatable bonds is 6. The highest BCUT2D eigenvalue weighted by Gasteiger charge is 2.19. The molecule has 0 aliphatic heterocycles. The van der Waals surface area contributed by atoms with Gasteiger partial charge in [0.2, 0.25) is 0 Å². The van der Waals surface area contributed by atoms with Crippen LogP contribution < -0.4 is 10.1 Å². The number of esters is 1. The van der Waals surface area contributed by atoms with Gasteiger partial charge in [-0.05, 0) is 24.3 Å². The van der Waals surface area contributed by atoms with Crippen LogP contribution in [0.3, 0.4) is 0 Å². The van der Waals surface area contributed by atoms with Gasteiger partial charge in [-0.25, -0.2) is 4.68 Å². The van der Waals surface area contributed by atoms with Gasteiger partial charge in [0, 0.05) is 11.8 Å². The summed E-state index contributed by atoms with van der Waals surface area (Å²) in [6.45, 7) is -0.219. The number of aromatic nitrogens is 2. The number of nitrogens with one attached hydrogen (secondary N) is 1. The summed E-state index contributed by atoms with van der Waals surface area (Å²) in [7, 11) is 2.84. The normalized spacial score (nSPS) is 10.3. The van der Waals surface area contributed by atoms with Gasteiger partial charge in [0.15, 0.2) is 0 Å². The van der Waals surface area contributed by atoms with Crippen LogP contribution in [0.4, 0.5) is 0 Å². The van der Waals surface area contributed by atoms with Crippen LogP contribution in [0.25, 0.3) is 16.9 Å². The first-order valence-corrected chi connectivity index (χ1v) is 8.27. The van der Waals surface area contributed by atoms with Crippen molar-refractivity contribution in [1.29, 1.82) is 0 Å². The number of benzene rings is 2. The van der Waals surface area contributed by atoms with Gasteiger partial charge in [-0.3, -0.25) is 9.59 Å². The predicted molar refractivity (Wildman–Crippen MR) is 99.9 cm³/mol. The maximum absolute atomic E-state index is 12.7. The van der Waals surface area contributed by atoms with Gasteiger partial charge in [0.1, 0.15) is 18.0 Å². The zero-order chi connectivity index (χ0) is 19.2. The summed E-state index contributed by atoms with van der Waals surface area (Å²) < 4.78 is 11.5. The van der Waals surface area contributed by atoms with Crippen molar-refractivity contribution in [3.05, 3.63) is 66.4 Å². The zero-order valence-corrected chi connectivity index (χ0v) is 15.0. The molecule has 2 aromatic carbocycles. The van der Waals surface area contributed by atoms with E-state index in [2.05, 4.69) is 15.2 Å². The molecule has 138 valence electrons. The number of amides is 1. The van der Waals surface area contributed by atoms with Gasteiger partial charge >= 0.3 is 5.97 Å². The summed E-state index contributed by atoms with van der Waals surface area (Å²) >= 11 is 0. The highest BCUT2D eigenvalue weighted by molar-refractivity contribution is 6.01. The Bertz CT molecular complexity index is 951. The molecule has 1 aromatic heterocycles. The minimum atomic E-state index is -0.526. The number of hydrogen-bond donors (Lipinski definition) is 1. The van der Waals surface area contributed by atoms with Crippen molar-refractivity contribution in [1.82, 2.24) is 15.1 Å². The monoisotopic (exact) mass is 365 g/mol. The van der Waals surface area contributed by atoms with Crippen LogP contribution in [0, 0.1) is 0 Å². The van der Waals surface area contributed by atoms with Crippen molar-refractivity contribution in [3.8, 4) is 22.7 Å². The lowest BCUT2D eigenvalue weighted by Crippen LogP contribution is -2.30. The smallest absolute Gasteiger partial charge is 0.325 e. The van der Waals surface area contributed by atoms with Crippen molar-refractivity contribution in [2.24, 2.45) is 0 Å². The van der Waals surface area contributed by atoms with E-state index in [0.717, 1.165) is 11.3 Å². The minimum Gasteiger partial charge on any atom is -0.497 e. The molecule has 1 amide bonds. The lowest BCUT2D eigenvalue weighted by molar-refractivity contribution is -0.139. The molecule has 0 unspecified atom stereocenters. The Morgan fingerprint density at radius 1 is 1.07 bits per heavy atom. The van der Waals surface area contributed by atoms with E-state index in [1.807, 2.05) is 48.5 Å². The maximum Gasteiger partial charge on any atom is 0.325 e. The van der Waals surface area contributed by atoms with Crippen molar-refractivity contribution in [3.63, 3.8) is 0 Å². The van der Waals surface area contributed by atoms with Gasteiger partial charge < -0.3 is 14.8 Å². The Hall–Kier alpha value is -3.61. The summed E-state index contributed by atoms with van der Waals surface area (Å²) in [6.07, 6.45) is 1.64. The fourth-order valence-electron chi connectivity index (χ4n) is 2.56. The van der Waals surface area contributed by atoms with E-state index in [-0.39, 0.29) is 6.54 Å². The van der Waals surface area contributed by atoms with Crippen molar-refractivity contribution in [2.45, 2.75) is 0 Å². The first-order chi connectivity index (χ1) is 13.1. The molecule has 7 nitrogen and oxygen atoms in total. The van der Waals surface area contributed by atoms with Crippen molar-refractivity contribution >= 4 is 11.9 Å². The van der Waals surface area contributed by atoms with Crippen LogP contribution in [-0.4, -0.2) is 42.4 Å². The molecule has 0 aliphatic rings. The summed E-state index contributed by atoms with van der Waals surface area (Å²) in [5.74, 6) is -0.287. The second kappa shape index (κ2) is 8.18. The SMILES string of the molecule is COC(=O)CNC(=O)c1cn(-c2ccccc2)nc1-c1cccc(OC)c1. The number of methoxy groups -OCH3 is 2. The van der Waals surface area contributed by atoms with Crippen LogP contribution >= 0.6 is 0 Å². The molecule has 27 heavy (non-hydrogen) atoms. The summed E-state index contributed by atoms with van der Waals surface area (Å²) in [4.78, 5) is 24.0. The molecular formula is C20H19N3O4. The Morgan fingerprint density at radius 2 is 1.85 bits per heavy atom. The third-order valence-electron chi connectivity index (χ3n) is 3.94. The molecule has 0 fully saturated rings. The summed E-state index contributed by atoms with van der Waals surface area (Å²) in [5.41, 5.74) is 2.37. The van der Waals surface area contributed by atoms with Gasteiger partial charge in [-0.2, -0.15) is 5.10 Å². The zero-order valence-electron chi connectivity index (χ0n) is 15.0.